The fraction of sp³-hybridized carbons (Fsp3) is 0. The van der Waals surface area contributed by atoms with E-state index in [-0.39, 0.29) is 327 Å². The molecule has 0 unspecified atom stereocenters. The number of benzene rings is 2. The Hall–Kier alpha value is 9.48. The van der Waals surface area contributed by atoms with Crippen LogP contribution in [0.15, 0.2) is 48.5 Å². The molecule has 0 nitrogen and oxygen atoms in total. The van der Waals surface area contributed by atoms with Gasteiger partial charge in [0.15, 0.2) is 0 Å². The second-order valence-electron chi connectivity index (χ2n) is 2.55. The van der Waals surface area contributed by atoms with Gasteiger partial charge in [0, 0.05) is 327 Å². The molecule has 0 aromatic heterocycles. The number of hydrogen-bond acceptors (Lipinski definition) is 0. The third kappa shape index (κ3) is 27.5. The van der Waals surface area contributed by atoms with Gasteiger partial charge in [-0.3, -0.25) is 0 Å². The van der Waals surface area contributed by atoms with Crippen molar-refractivity contribution in [3.8, 4) is 11.1 Å². The molecule has 0 spiro atoms. The largest absolute Gasteiger partial charge is 0.226 e. The van der Waals surface area contributed by atoms with Crippen LogP contribution in [0.4, 0.5) is 0 Å². The van der Waals surface area contributed by atoms with Gasteiger partial charge in [0.2, 0.25) is 0 Å². The molecule has 0 aliphatic carbocycles. The van der Waals surface area contributed by atoms with Crippen LogP contribution in [0.2, 0.25) is 0 Å². The molecular formula is C12H8Y10-2. The molecular weight excluding hydrogens is 1030 g/mol. The van der Waals surface area contributed by atoms with Gasteiger partial charge in [-0.25, -0.2) is 11.1 Å². The zero-order chi connectivity index (χ0) is 8.23. The van der Waals surface area contributed by atoms with Gasteiger partial charge in [0.1, 0.15) is 0 Å². The molecule has 2 aromatic rings. The van der Waals surface area contributed by atoms with Crippen molar-refractivity contribution in [2.24, 2.45) is 0 Å². The zero-order valence-corrected chi connectivity index (χ0v) is 40.8. The van der Waals surface area contributed by atoms with Crippen LogP contribution in [0, 0.1) is 12.1 Å². The molecule has 0 N–H and O–H groups in total. The Bertz CT molecular complexity index is 319. The molecule has 0 fully saturated rings. The Morgan fingerprint density at radius 3 is 0.864 bits per heavy atom. The Labute approximate surface area is 386 Å². The van der Waals surface area contributed by atoms with E-state index in [4.69, 9.17) is 0 Å². The number of rotatable bonds is 1. The fourth-order valence-electron chi connectivity index (χ4n) is 1.12. The smallest absolute Gasteiger partial charge is 0 e. The summed E-state index contributed by atoms with van der Waals surface area (Å²) in [6.07, 6.45) is 0. The van der Waals surface area contributed by atoms with E-state index in [0.717, 1.165) is 11.1 Å². The van der Waals surface area contributed by atoms with E-state index in [1.807, 2.05) is 48.5 Å². The van der Waals surface area contributed by atoms with E-state index >= 15 is 0 Å². The summed E-state index contributed by atoms with van der Waals surface area (Å²) in [5.41, 5.74) is 2.19. The minimum absolute atomic E-state index is 0. The summed E-state index contributed by atoms with van der Waals surface area (Å²) in [7, 11) is 0. The van der Waals surface area contributed by atoms with Crippen molar-refractivity contribution in [1.82, 2.24) is 0 Å². The van der Waals surface area contributed by atoms with E-state index in [1.54, 1.807) is 0 Å². The summed E-state index contributed by atoms with van der Waals surface area (Å²) < 4.78 is 0. The molecule has 88 valence electrons. The van der Waals surface area contributed by atoms with E-state index in [1.165, 1.54) is 0 Å². The average Bonchev–Trinajstić information content (AvgIpc) is 2.21. The van der Waals surface area contributed by atoms with Gasteiger partial charge < -0.3 is 0 Å². The van der Waals surface area contributed by atoms with Crippen LogP contribution in [0.3, 0.4) is 0 Å². The van der Waals surface area contributed by atoms with Gasteiger partial charge >= 0.3 is 0 Å². The third-order valence-electron chi connectivity index (χ3n) is 1.71. The maximum atomic E-state index is 3.15. The van der Waals surface area contributed by atoms with Crippen molar-refractivity contribution >= 4 is 0 Å². The van der Waals surface area contributed by atoms with Crippen LogP contribution in [0.5, 0.6) is 0 Å². The molecule has 0 bridgehead atoms. The predicted octanol–water partition coefficient (Wildman–Crippen LogP) is 2.93. The molecule has 0 aliphatic rings. The summed E-state index contributed by atoms with van der Waals surface area (Å²) in [6, 6.07) is 22.1. The van der Waals surface area contributed by atoms with Gasteiger partial charge in [-0.1, -0.05) is 0 Å². The van der Waals surface area contributed by atoms with Crippen LogP contribution in [0.25, 0.3) is 11.1 Å². The maximum Gasteiger partial charge on any atom is 0 e. The predicted molar refractivity (Wildman–Crippen MR) is 49.6 cm³/mol. The molecule has 10 heteroatoms. The van der Waals surface area contributed by atoms with Crippen molar-refractivity contribution in [2.45, 2.75) is 0 Å². The van der Waals surface area contributed by atoms with Crippen LogP contribution < -0.4 is 0 Å². The van der Waals surface area contributed by atoms with E-state index < -0.39 is 0 Å². The van der Waals surface area contributed by atoms with Crippen LogP contribution in [-0.2, 0) is 327 Å². The Morgan fingerprint density at radius 1 is 0.409 bits per heavy atom. The second kappa shape index (κ2) is 40.8. The summed E-state index contributed by atoms with van der Waals surface area (Å²) in [5, 5.41) is 0. The van der Waals surface area contributed by atoms with Crippen molar-refractivity contribution in [3.05, 3.63) is 60.7 Å². The SMILES string of the molecule is [Y].[Y].[Y].[Y].[Y].[Y].[Y].[Y].[Y].[Y].[c-]1ccccc1-c1[c-]cccc1. The van der Waals surface area contributed by atoms with Gasteiger partial charge in [-0.15, -0.1) is 12.1 Å². The average molecular weight is 1040 g/mol. The van der Waals surface area contributed by atoms with Gasteiger partial charge in [-0.05, 0) is 0 Å². The molecule has 10 radical (unpaired) electrons. The molecule has 0 heterocycles. The standard InChI is InChI=1S/C12H8.10Y/c1-3-7-11(8-4-1)12-9-5-2-6-10-12;;;;;;;;;;/h1-7,9H;;;;;;;;;;/q-2;;;;;;;;;;. The summed E-state index contributed by atoms with van der Waals surface area (Å²) >= 11 is 0. The van der Waals surface area contributed by atoms with Crippen LogP contribution in [-0.4, -0.2) is 0 Å². The van der Waals surface area contributed by atoms with Crippen molar-refractivity contribution < 1.29 is 327 Å². The third-order valence-corrected chi connectivity index (χ3v) is 1.71. The first-order chi connectivity index (χ1) is 5.97. The first-order valence-electron chi connectivity index (χ1n) is 3.90. The molecule has 22 heavy (non-hydrogen) atoms. The fourth-order valence-corrected chi connectivity index (χ4v) is 1.12. The van der Waals surface area contributed by atoms with Crippen LogP contribution >= 0.6 is 0 Å². The van der Waals surface area contributed by atoms with Gasteiger partial charge in [0.25, 0.3) is 0 Å². The second-order valence-corrected chi connectivity index (χ2v) is 2.55. The Kier molecular flexibility index (Phi) is 107. The van der Waals surface area contributed by atoms with E-state index in [9.17, 15) is 0 Å². The minimum atomic E-state index is 0. The molecule has 0 saturated carbocycles. The molecule has 0 aliphatic heterocycles. The van der Waals surface area contributed by atoms with Gasteiger partial charge in [0.05, 0.1) is 0 Å². The molecule has 0 saturated heterocycles. The monoisotopic (exact) mass is 1040 g/mol. The molecule has 0 amide bonds. The van der Waals surface area contributed by atoms with E-state index in [2.05, 4.69) is 12.1 Å². The van der Waals surface area contributed by atoms with Crippen molar-refractivity contribution in [1.29, 1.82) is 0 Å². The zero-order valence-electron chi connectivity index (χ0n) is 12.4. The summed E-state index contributed by atoms with van der Waals surface area (Å²) in [5.74, 6) is 0. The Morgan fingerprint density at radius 2 is 0.682 bits per heavy atom. The molecule has 0 atom stereocenters. The van der Waals surface area contributed by atoms with Crippen molar-refractivity contribution in [3.63, 3.8) is 0 Å². The number of hydrogen-bond donors (Lipinski definition) is 0. The van der Waals surface area contributed by atoms with Crippen LogP contribution in [0.1, 0.15) is 0 Å². The quantitative estimate of drug-likeness (QED) is 0.387. The normalized spacial score (nSPS) is 5.27. The first kappa shape index (κ1) is 57.9. The Balaban J connectivity index is -0.0000000241. The molecule has 2 aromatic carbocycles. The summed E-state index contributed by atoms with van der Waals surface area (Å²) in [6.45, 7) is 0. The summed E-state index contributed by atoms with van der Waals surface area (Å²) in [4.78, 5) is 0. The maximum absolute atomic E-state index is 3.15. The molecule has 2 rings (SSSR count). The minimum Gasteiger partial charge on any atom is -0.226 e. The first-order valence-corrected chi connectivity index (χ1v) is 3.90. The van der Waals surface area contributed by atoms with Gasteiger partial charge in [-0.2, -0.15) is 48.5 Å². The van der Waals surface area contributed by atoms with Crippen molar-refractivity contribution in [2.75, 3.05) is 0 Å². The van der Waals surface area contributed by atoms with E-state index in [0.29, 0.717) is 0 Å². The topological polar surface area (TPSA) is 0 Å².